The summed E-state index contributed by atoms with van der Waals surface area (Å²) in [6, 6.07) is 5.20. The highest BCUT2D eigenvalue weighted by Gasteiger charge is 2.32. The topological polar surface area (TPSA) is 20.2 Å². The minimum Gasteiger partial charge on any atom is -0.396 e. The quantitative estimate of drug-likeness (QED) is 0.892. The molecule has 1 aromatic rings. The number of aliphatic hydroxyl groups is 1. The molecule has 3 heteroatoms. The predicted octanol–water partition coefficient (Wildman–Crippen LogP) is 4.07. The second-order valence-electron chi connectivity index (χ2n) is 5.13. The van der Waals surface area contributed by atoms with Crippen molar-refractivity contribution in [2.24, 2.45) is 5.41 Å². The van der Waals surface area contributed by atoms with Crippen molar-refractivity contribution in [2.75, 3.05) is 6.61 Å². The van der Waals surface area contributed by atoms with Gasteiger partial charge in [0.2, 0.25) is 0 Å². The standard InChI is InChI=1S/C14H18BrFO/c15-12-5-4-11(13(16)8-12)9-14(10-17)6-2-1-3-7-14/h4-5,8,17H,1-3,6-7,9-10H2. The predicted molar refractivity (Wildman–Crippen MR) is 70.4 cm³/mol. The Morgan fingerprint density at radius 1 is 1.24 bits per heavy atom. The van der Waals surface area contributed by atoms with Crippen molar-refractivity contribution in [2.45, 2.75) is 38.5 Å². The molecule has 0 bridgehead atoms. The number of hydrogen-bond donors (Lipinski definition) is 1. The molecule has 0 spiro atoms. The minimum absolute atomic E-state index is 0.0904. The lowest BCUT2D eigenvalue weighted by atomic mass is 9.71. The Labute approximate surface area is 110 Å². The summed E-state index contributed by atoms with van der Waals surface area (Å²) in [4.78, 5) is 0. The first kappa shape index (κ1) is 13.0. The highest BCUT2D eigenvalue weighted by atomic mass is 79.9. The Morgan fingerprint density at radius 2 is 1.94 bits per heavy atom. The van der Waals surface area contributed by atoms with Crippen LogP contribution in [0.15, 0.2) is 22.7 Å². The van der Waals surface area contributed by atoms with Crippen LogP contribution < -0.4 is 0 Å². The fraction of sp³-hybridized carbons (Fsp3) is 0.571. The van der Waals surface area contributed by atoms with E-state index >= 15 is 0 Å². The van der Waals surface area contributed by atoms with E-state index in [0.717, 1.165) is 35.7 Å². The van der Waals surface area contributed by atoms with Gasteiger partial charge in [-0.15, -0.1) is 0 Å². The van der Waals surface area contributed by atoms with Gasteiger partial charge in [0.05, 0.1) is 0 Å². The van der Waals surface area contributed by atoms with E-state index in [1.165, 1.54) is 12.5 Å². The van der Waals surface area contributed by atoms with Gasteiger partial charge in [-0.05, 0) is 42.4 Å². The van der Waals surface area contributed by atoms with Crippen molar-refractivity contribution in [3.8, 4) is 0 Å². The number of benzene rings is 1. The summed E-state index contributed by atoms with van der Waals surface area (Å²) in [5, 5.41) is 9.62. The number of aliphatic hydroxyl groups excluding tert-OH is 1. The van der Waals surface area contributed by atoms with E-state index in [0.29, 0.717) is 6.42 Å². The maximum absolute atomic E-state index is 13.8. The summed E-state index contributed by atoms with van der Waals surface area (Å²) in [5.41, 5.74) is 0.636. The summed E-state index contributed by atoms with van der Waals surface area (Å²) >= 11 is 3.26. The zero-order chi connectivity index (χ0) is 12.3. The molecule has 17 heavy (non-hydrogen) atoms. The molecule has 0 aliphatic heterocycles. The lowest BCUT2D eigenvalue weighted by Crippen LogP contribution is -2.31. The molecule has 0 radical (unpaired) electrons. The summed E-state index contributed by atoms with van der Waals surface area (Å²) in [5.74, 6) is -0.169. The minimum atomic E-state index is -0.169. The molecule has 0 saturated heterocycles. The normalized spacial score (nSPS) is 19.2. The van der Waals surface area contributed by atoms with Gasteiger partial charge < -0.3 is 5.11 Å². The van der Waals surface area contributed by atoms with Crippen LogP contribution in [0, 0.1) is 11.2 Å². The third-order valence-electron chi connectivity index (χ3n) is 3.83. The molecule has 0 heterocycles. The van der Waals surface area contributed by atoms with E-state index in [2.05, 4.69) is 15.9 Å². The average Bonchev–Trinajstić information content (AvgIpc) is 2.34. The third kappa shape index (κ3) is 3.08. The molecule has 1 N–H and O–H groups in total. The largest absolute Gasteiger partial charge is 0.396 e. The Bertz CT molecular complexity index is 386. The van der Waals surface area contributed by atoms with Crippen LogP contribution >= 0.6 is 15.9 Å². The fourth-order valence-electron chi connectivity index (χ4n) is 2.76. The van der Waals surface area contributed by atoms with Crippen LogP contribution in [0.1, 0.15) is 37.7 Å². The molecular weight excluding hydrogens is 283 g/mol. The first-order valence-corrected chi connectivity index (χ1v) is 6.99. The maximum Gasteiger partial charge on any atom is 0.127 e. The van der Waals surface area contributed by atoms with Gasteiger partial charge in [0, 0.05) is 11.1 Å². The van der Waals surface area contributed by atoms with Gasteiger partial charge in [-0.2, -0.15) is 0 Å². The SMILES string of the molecule is OCC1(Cc2ccc(Br)cc2F)CCCCC1. The molecule has 1 aliphatic carbocycles. The lowest BCUT2D eigenvalue weighted by molar-refractivity contribution is 0.0815. The van der Waals surface area contributed by atoms with E-state index in [4.69, 9.17) is 0 Å². The van der Waals surface area contributed by atoms with Crippen molar-refractivity contribution >= 4 is 15.9 Å². The van der Waals surface area contributed by atoms with Crippen LogP contribution in [0.5, 0.6) is 0 Å². The van der Waals surface area contributed by atoms with Crippen LogP contribution in [-0.4, -0.2) is 11.7 Å². The second-order valence-corrected chi connectivity index (χ2v) is 6.05. The summed E-state index contributed by atoms with van der Waals surface area (Å²) < 4.78 is 14.6. The summed E-state index contributed by atoms with van der Waals surface area (Å²) in [6.07, 6.45) is 6.22. The van der Waals surface area contributed by atoms with Gasteiger partial charge in [0.25, 0.3) is 0 Å². The molecule has 0 aromatic heterocycles. The summed E-state index contributed by atoms with van der Waals surface area (Å²) in [7, 11) is 0. The first-order chi connectivity index (χ1) is 8.15. The molecule has 1 saturated carbocycles. The van der Waals surface area contributed by atoms with Gasteiger partial charge in [-0.3, -0.25) is 0 Å². The molecular formula is C14H18BrFO. The van der Waals surface area contributed by atoms with Gasteiger partial charge in [-0.1, -0.05) is 41.3 Å². The second kappa shape index (κ2) is 5.49. The molecule has 2 rings (SSSR count). The lowest BCUT2D eigenvalue weighted by Gasteiger charge is -2.35. The molecule has 1 aromatic carbocycles. The maximum atomic E-state index is 13.8. The van der Waals surface area contributed by atoms with Gasteiger partial charge in [0.1, 0.15) is 5.82 Å². The summed E-state index contributed by atoms with van der Waals surface area (Å²) in [6.45, 7) is 0.169. The Morgan fingerprint density at radius 3 is 2.53 bits per heavy atom. The molecule has 0 atom stereocenters. The molecule has 1 fully saturated rings. The van der Waals surface area contributed by atoms with E-state index in [1.807, 2.05) is 12.1 Å². The van der Waals surface area contributed by atoms with Crippen molar-refractivity contribution in [3.63, 3.8) is 0 Å². The Hall–Kier alpha value is -0.410. The van der Waals surface area contributed by atoms with E-state index in [-0.39, 0.29) is 17.8 Å². The fourth-order valence-corrected chi connectivity index (χ4v) is 3.09. The number of halogens is 2. The molecule has 94 valence electrons. The monoisotopic (exact) mass is 300 g/mol. The van der Waals surface area contributed by atoms with Crippen molar-refractivity contribution in [1.29, 1.82) is 0 Å². The van der Waals surface area contributed by atoms with Gasteiger partial charge >= 0.3 is 0 Å². The van der Waals surface area contributed by atoms with Crippen LogP contribution in [0.3, 0.4) is 0 Å². The Balaban J connectivity index is 2.17. The van der Waals surface area contributed by atoms with Crippen LogP contribution in [0.4, 0.5) is 4.39 Å². The average molecular weight is 301 g/mol. The van der Waals surface area contributed by atoms with Crippen LogP contribution in [-0.2, 0) is 6.42 Å². The van der Waals surface area contributed by atoms with Crippen LogP contribution in [0.25, 0.3) is 0 Å². The molecule has 1 aliphatic rings. The highest BCUT2D eigenvalue weighted by Crippen LogP contribution is 2.39. The van der Waals surface area contributed by atoms with Gasteiger partial charge in [0.15, 0.2) is 0 Å². The molecule has 0 amide bonds. The van der Waals surface area contributed by atoms with Gasteiger partial charge in [-0.25, -0.2) is 4.39 Å². The van der Waals surface area contributed by atoms with E-state index in [1.54, 1.807) is 0 Å². The molecule has 0 unspecified atom stereocenters. The highest BCUT2D eigenvalue weighted by molar-refractivity contribution is 9.10. The van der Waals surface area contributed by atoms with Crippen molar-refractivity contribution < 1.29 is 9.50 Å². The zero-order valence-corrected chi connectivity index (χ0v) is 11.5. The third-order valence-corrected chi connectivity index (χ3v) is 4.32. The van der Waals surface area contributed by atoms with Crippen molar-refractivity contribution in [1.82, 2.24) is 0 Å². The zero-order valence-electron chi connectivity index (χ0n) is 9.88. The number of rotatable bonds is 3. The smallest absolute Gasteiger partial charge is 0.127 e. The van der Waals surface area contributed by atoms with Crippen LogP contribution in [0.2, 0.25) is 0 Å². The Kier molecular flexibility index (Phi) is 4.21. The van der Waals surface area contributed by atoms with E-state index in [9.17, 15) is 9.50 Å². The molecule has 1 nitrogen and oxygen atoms in total. The number of hydrogen-bond acceptors (Lipinski definition) is 1. The van der Waals surface area contributed by atoms with E-state index < -0.39 is 0 Å². The van der Waals surface area contributed by atoms with Crippen molar-refractivity contribution in [3.05, 3.63) is 34.1 Å². The first-order valence-electron chi connectivity index (χ1n) is 6.20.